The van der Waals surface area contributed by atoms with E-state index in [2.05, 4.69) is 67.9 Å². The molecule has 0 spiro atoms. The molecule has 0 fully saturated rings. The third-order valence-electron chi connectivity index (χ3n) is 3.44. The number of nitrogens with one attached hydrogen (secondary N) is 1. The van der Waals surface area contributed by atoms with Gasteiger partial charge in [0.15, 0.2) is 0 Å². The average molecular weight is 306 g/mol. The third-order valence-corrected chi connectivity index (χ3v) is 5.69. The Hall–Kier alpha value is -0.770. The molecule has 3 heteroatoms. The fourth-order valence-corrected chi connectivity index (χ4v) is 4.52. The van der Waals surface area contributed by atoms with Gasteiger partial charge in [-0.3, -0.25) is 0 Å². The van der Waals surface area contributed by atoms with Crippen LogP contribution in [0.3, 0.4) is 0 Å². The third kappa shape index (κ3) is 4.11. The summed E-state index contributed by atoms with van der Waals surface area (Å²) in [6.45, 7) is 7.68. The van der Waals surface area contributed by atoms with E-state index in [0.717, 1.165) is 13.0 Å². The lowest BCUT2D eigenvalue weighted by atomic mass is 10.0. The quantitative estimate of drug-likeness (QED) is 0.711. The van der Waals surface area contributed by atoms with Gasteiger partial charge in [-0.15, -0.1) is 23.1 Å². The van der Waals surface area contributed by atoms with Crippen molar-refractivity contribution >= 4 is 23.1 Å². The standard InChI is InChI=1S/C17H23NS2/c1-4-14-8-10-15(11-9-14)17(18-5-2)13(3)20-16-7-6-12-19-16/h6-13,17-18H,4-5H2,1-3H3. The fourth-order valence-electron chi connectivity index (χ4n) is 2.32. The van der Waals surface area contributed by atoms with E-state index in [0.29, 0.717) is 11.3 Å². The van der Waals surface area contributed by atoms with Crippen LogP contribution >= 0.6 is 23.1 Å². The van der Waals surface area contributed by atoms with Gasteiger partial charge < -0.3 is 5.32 Å². The topological polar surface area (TPSA) is 12.0 Å². The number of thioether (sulfide) groups is 1. The van der Waals surface area contributed by atoms with E-state index in [1.54, 1.807) is 0 Å². The zero-order valence-electron chi connectivity index (χ0n) is 12.4. The second kappa shape index (κ2) is 7.87. The van der Waals surface area contributed by atoms with Crippen molar-refractivity contribution in [1.82, 2.24) is 5.32 Å². The highest BCUT2D eigenvalue weighted by Crippen LogP contribution is 2.34. The molecule has 0 radical (unpaired) electrons. The number of hydrogen-bond donors (Lipinski definition) is 1. The highest BCUT2D eigenvalue weighted by Gasteiger charge is 2.19. The maximum atomic E-state index is 3.63. The summed E-state index contributed by atoms with van der Waals surface area (Å²) in [4.78, 5) is 0. The Kier molecular flexibility index (Phi) is 6.14. The first-order chi connectivity index (χ1) is 9.74. The minimum absolute atomic E-state index is 0.401. The number of aryl methyl sites for hydroxylation is 1. The summed E-state index contributed by atoms with van der Waals surface area (Å²) in [5.74, 6) is 0. The zero-order valence-corrected chi connectivity index (χ0v) is 14.1. The molecule has 0 aliphatic rings. The molecule has 2 unspecified atom stereocenters. The zero-order chi connectivity index (χ0) is 14.4. The Morgan fingerprint density at radius 3 is 2.45 bits per heavy atom. The first-order valence-corrected chi connectivity index (χ1v) is 9.03. The summed E-state index contributed by atoms with van der Waals surface area (Å²) < 4.78 is 1.39. The molecule has 1 N–H and O–H groups in total. The van der Waals surface area contributed by atoms with Crippen molar-refractivity contribution in [3.8, 4) is 0 Å². The molecule has 1 nitrogen and oxygen atoms in total. The van der Waals surface area contributed by atoms with E-state index in [4.69, 9.17) is 0 Å². The molecule has 0 saturated carbocycles. The van der Waals surface area contributed by atoms with E-state index in [1.165, 1.54) is 15.3 Å². The Bertz CT molecular complexity index is 490. The molecule has 0 bridgehead atoms. The molecule has 2 rings (SSSR count). The lowest BCUT2D eigenvalue weighted by Gasteiger charge is -2.24. The summed E-state index contributed by atoms with van der Waals surface area (Å²) in [5, 5.41) is 6.29. The molecule has 1 aromatic carbocycles. The van der Waals surface area contributed by atoms with E-state index in [-0.39, 0.29) is 0 Å². The Morgan fingerprint density at radius 2 is 1.90 bits per heavy atom. The van der Waals surface area contributed by atoms with Crippen LogP contribution in [-0.2, 0) is 6.42 Å². The van der Waals surface area contributed by atoms with Gasteiger partial charge in [0.1, 0.15) is 0 Å². The van der Waals surface area contributed by atoms with Crippen LogP contribution in [0.5, 0.6) is 0 Å². The molecule has 0 amide bonds. The highest BCUT2D eigenvalue weighted by molar-refractivity contribution is 8.01. The summed E-state index contributed by atoms with van der Waals surface area (Å²) >= 11 is 3.78. The molecule has 0 saturated heterocycles. The van der Waals surface area contributed by atoms with Crippen molar-refractivity contribution in [2.45, 2.75) is 42.7 Å². The van der Waals surface area contributed by atoms with E-state index < -0.39 is 0 Å². The number of benzene rings is 1. The van der Waals surface area contributed by atoms with Crippen molar-refractivity contribution in [3.05, 3.63) is 52.9 Å². The molecule has 2 aromatic rings. The van der Waals surface area contributed by atoms with Gasteiger partial charge in [-0.2, -0.15) is 0 Å². The maximum absolute atomic E-state index is 3.63. The number of rotatable bonds is 7. The molecule has 1 heterocycles. The normalized spacial score (nSPS) is 14.2. The molecule has 0 aliphatic carbocycles. The smallest absolute Gasteiger partial charge is 0.0601 e. The first kappa shape index (κ1) is 15.6. The largest absolute Gasteiger partial charge is 0.309 e. The summed E-state index contributed by atoms with van der Waals surface area (Å²) in [6, 6.07) is 13.8. The van der Waals surface area contributed by atoms with Crippen LogP contribution in [0.25, 0.3) is 0 Å². The number of thiophene rings is 1. The van der Waals surface area contributed by atoms with Crippen molar-refractivity contribution in [2.75, 3.05) is 6.54 Å². The van der Waals surface area contributed by atoms with Gasteiger partial charge in [-0.05, 0) is 35.5 Å². The Labute approximate surface area is 130 Å². The molecule has 0 aliphatic heterocycles. The van der Waals surface area contributed by atoms with Gasteiger partial charge in [-0.25, -0.2) is 0 Å². The Balaban J connectivity index is 2.11. The summed E-state index contributed by atoms with van der Waals surface area (Å²) in [7, 11) is 0. The molecular weight excluding hydrogens is 282 g/mol. The lowest BCUT2D eigenvalue weighted by Crippen LogP contribution is -2.28. The molecule has 1 aromatic heterocycles. The summed E-state index contributed by atoms with van der Waals surface area (Å²) in [6.07, 6.45) is 1.10. The van der Waals surface area contributed by atoms with Gasteiger partial charge in [-0.1, -0.05) is 51.1 Å². The second-order valence-corrected chi connectivity index (χ2v) is 7.51. The molecule has 20 heavy (non-hydrogen) atoms. The van der Waals surface area contributed by atoms with E-state index in [1.807, 2.05) is 23.1 Å². The predicted molar refractivity (Wildman–Crippen MR) is 91.9 cm³/mol. The van der Waals surface area contributed by atoms with Gasteiger partial charge in [0.25, 0.3) is 0 Å². The minimum atomic E-state index is 0.401. The van der Waals surface area contributed by atoms with Crippen LogP contribution in [0.15, 0.2) is 46.0 Å². The van der Waals surface area contributed by atoms with Crippen LogP contribution in [0.2, 0.25) is 0 Å². The monoisotopic (exact) mass is 305 g/mol. The maximum Gasteiger partial charge on any atom is 0.0601 e. The van der Waals surface area contributed by atoms with Gasteiger partial charge >= 0.3 is 0 Å². The van der Waals surface area contributed by atoms with Crippen LogP contribution in [-0.4, -0.2) is 11.8 Å². The van der Waals surface area contributed by atoms with Crippen LogP contribution in [0.1, 0.15) is 37.9 Å². The summed E-state index contributed by atoms with van der Waals surface area (Å²) in [5.41, 5.74) is 2.79. The number of hydrogen-bond acceptors (Lipinski definition) is 3. The molecule has 2 atom stereocenters. The predicted octanol–water partition coefficient (Wildman–Crippen LogP) is 5.14. The highest BCUT2D eigenvalue weighted by atomic mass is 32.2. The SMILES string of the molecule is CCNC(c1ccc(CC)cc1)C(C)Sc1cccs1. The van der Waals surface area contributed by atoms with Crippen molar-refractivity contribution < 1.29 is 0 Å². The molecule has 108 valence electrons. The van der Waals surface area contributed by atoms with Gasteiger partial charge in [0, 0.05) is 11.3 Å². The fraction of sp³-hybridized carbons (Fsp3) is 0.412. The molecular formula is C17H23NS2. The van der Waals surface area contributed by atoms with Crippen molar-refractivity contribution in [3.63, 3.8) is 0 Å². The minimum Gasteiger partial charge on any atom is -0.309 e. The Morgan fingerprint density at radius 1 is 1.15 bits per heavy atom. The van der Waals surface area contributed by atoms with Gasteiger partial charge in [0.2, 0.25) is 0 Å². The van der Waals surface area contributed by atoms with Crippen molar-refractivity contribution in [2.24, 2.45) is 0 Å². The van der Waals surface area contributed by atoms with E-state index in [9.17, 15) is 0 Å². The average Bonchev–Trinajstić information content (AvgIpc) is 2.97. The van der Waals surface area contributed by atoms with Crippen LogP contribution < -0.4 is 5.32 Å². The second-order valence-electron chi connectivity index (χ2n) is 4.89. The van der Waals surface area contributed by atoms with Gasteiger partial charge in [0.05, 0.1) is 4.21 Å². The van der Waals surface area contributed by atoms with Crippen molar-refractivity contribution in [1.29, 1.82) is 0 Å². The van der Waals surface area contributed by atoms with Crippen LogP contribution in [0, 0.1) is 0 Å². The van der Waals surface area contributed by atoms with Crippen LogP contribution in [0.4, 0.5) is 0 Å². The lowest BCUT2D eigenvalue weighted by molar-refractivity contribution is 0.548. The van der Waals surface area contributed by atoms with E-state index >= 15 is 0 Å². The first-order valence-electron chi connectivity index (χ1n) is 7.27.